The van der Waals surface area contributed by atoms with Crippen LogP contribution >= 0.6 is 0 Å². The molecule has 3 atom stereocenters. The van der Waals surface area contributed by atoms with Crippen molar-refractivity contribution in [2.45, 2.75) is 77.0 Å². The van der Waals surface area contributed by atoms with Crippen LogP contribution in [0.3, 0.4) is 0 Å². The molecule has 1 saturated heterocycles. The molecule has 1 aliphatic heterocycles. The van der Waals surface area contributed by atoms with Crippen LogP contribution in [0, 0.1) is 18.3 Å². The molecule has 4 nitrogen and oxygen atoms in total. The van der Waals surface area contributed by atoms with Gasteiger partial charge in [-0.05, 0) is 52.4 Å². The highest BCUT2D eigenvalue weighted by Gasteiger charge is 2.40. The van der Waals surface area contributed by atoms with Crippen LogP contribution in [0.15, 0.2) is 0 Å². The number of ether oxygens (including phenoxy) is 1. The van der Waals surface area contributed by atoms with Gasteiger partial charge in [0.25, 0.3) is 0 Å². The Morgan fingerprint density at radius 1 is 1.27 bits per heavy atom. The molecule has 0 aromatic carbocycles. The minimum absolute atomic E-state index is 0.156. The molecule has 4 heteroatoms. The molecule has 2 aliphatic rings. The van der Waals surface area contributed by atoms with E-state index in [9.17, 15) is 4.79 Å². The van der Waals surface area contributed by atoms with E-state index in [2.05, 4.69) is 11.2 Å². The van der Waals surface area contributed by atoms with Gasteiger partial charge >= 0.3 is 6.09 Å². The monoisotopic (exact) mass is 306 g/mol. The summed E-state index contributed by atoms with van der Waals surface area (Å²) in [5.74, 6) is 3.17. The Hall–Kier alpha value is -1.21. The van der Waals surface area contributed by atoms with E-state index in [1.54, 1.807) is 0 Å². The summed E-state index contributed by atoms with van der Waals surface area (Å²) in [5, 5.41) is 3.49. The van der Waals surface area contributed by atoms with Crippen molar-refractivity contribution in [2.75, 3.05) is 13.1 Å². The van der Waals surface area contributed by atoms with E-state index in [1.807, 2.05) is 25.7 Å². The number of amides is 1. The highest BCUT2D eigenvalue weighted by Crippen LogP contribution is 2.35. The second kappa shape index (κ2) is 7.37. The van der Waals surface area contributed by atoms with Crippen molar-refractivity contribution in [3.8, 4) is 12.3 Å². The molecular formula is C18H30N2O2. The number of nitrogens with zero attached hydrogens (tertiary/aromatic N) is 1. The van der Waals surface area contributed by atoms with Crippen LogP contribution in [-0.4, -0.2) is 41.8 Å². The average molecular weight is 306 g/mol. The molecule has 124 valence electrons. The summed E-state index contributed by atoms with van der Waals surface area (Å²) in [6.07, 6.45) is 12.2. The lowest BCUT2D eigenvalue weighted by atomic mass is 9.79. The molecule has 22 heavy (non-hydrogen) atoms. The van der Waals surface area contributed by atoms with Gasteiger partial charge in [-0.15, -0.1) is 6.42 Å². The summed E-state index contributed by atoms with van der Waals surface area (Å²) < 4.78 is 5.59. The lowest BCUT2D eigenvalue weighted by Crippen LogP contribution is -2.50. The van der Waals surface area contributed by atoms with Gasteiger partial charge in [0.05, 0.1) is 6.54 Å². The SMILES string of the molecule is C#CCNC1CCCCC1C1CCCN1C(=O)OC(C)(C)C. The van der Waals surface area contributed by atoms with Gasteiger partial charge in [0, 0.05) is 18.6 Å². The number of carbonyl (C=O) groups is 1. The van der Waals surface area contributed by atoms with Crippen molar-refractivity contribution in [1.29, 1.82) is 0 Å². The molecule has 3 unspecified atom stereocenters. The van der Waals surface area contributed by atoms with Crippen molar-refractivity contribution in [3.05, 3.63) is 0 Å². The molecule has 1 N–H and O–H groups in total. The third-order valence-corrected chi connectivity index (χ3v) is 4.71. The molecule has 2 fully saturated rings. The average Bonchev–Trinajstić information content (AvgIpc) is 2.93. The minimum atomic E-state index is -0.433. The molecule has 0 spiro atoms. The van der Waals surface area contributed by atoms with Gasteiger partial charge in [-0.25, -0.2) is 4.79 Å². The first-order chi connectivity index (χ1) is 10.4. The zero-order chi connectivity index (χ0) is 16.2. The largest absolute Gasteiger partial charge is 0.444 e. The fourth-order valence-corrected chi connectivity index (χ4v) is 3.85. The number of carbonyl (C=O) groups excluding carboxylic acids is 1. The predicted molar refractivity (Wildman–Crippen MR) is 88.5 cm³/mol. The molecule has 1 amide bonds. The Kier molecular flexibility index (Phi) is 5.74. The molecular weight excluding hydrogens is 276 g/mol. The van der Waals surface area contributed by atoms with Crippen molar-refractivity contribution < 1.29 is 9.53 Å². The zero-order valence-corrected chi connectivity index (χ0v) is 14.2. The first kappa shape index (κ1) is 17.1. The second-order valence-corrected chi connectivity index (χ2v) is 7.52. The van der Waals surface area contributed by atoms with Gasteiger partial charge in [-0.1, -0.05) is 18.8 Å². The fourth-order valence-electron chi connectivity index (χ4n) is 3.85. The summed E-state index contributed by atoms with van der Waals surface area (Å²) in [7, 11) is 0. The van der Waals surface area contributed by atoms with Crippen LogP contribution in [0.4, 0.5) is 4.79 Å². The molecule has 0 aromatic heterocycles. The Morgan fingerprint density at radius 2 is 2.00 bits per heavy atom. The predicted octanol–water partition coefficient (Wildman–Crippen LogP) is 3.17. The number of nitrogens with one attached hydrogen (secondary N) is 1. The van der Waals surface area contributed by atoms with E-state index in [4.69, 9.17) is 11.2 Å². The van der Waals surface area contributed by atoms with Crippen molar-refractivity contribution >= 4 is 6.09 Å². The van der Waals surface area contributed by atoms with Crippen LogP contribution in [0.5, 0.6) is 0 Å². The Morgan fingerprint density at radius 3 is 2.68 bits per heavy atom. The van der Waals surface area contributed by atoms with Crippen LogP contribution < -0.4 is 5.32 Å². The topological polar surface area (TPSA) is 41.6 Å². The summed E-state index contributed by atoms with van der Waals surface area (Å²) in [5.41, 5.74) is -0.433. The molecule has 0 aromatic rings. The van der Waals surface area contributed by atoms with Crippen LogP contribution in [-0.2, 0) is 4.74 Å². The Labute approximate surface area is 135 Å². The molecule has 1 saturated carbocycles. The van der Waals surface area contributed by atoms with Gasteiger partial charge in [0.15, 0.2) is 0 Å². The Balaban J connectivity index is 2.04. The minimum Gasteiger partial charge on any atom is -0.444 e. The van der Waals surface area contributed by atoms with Crippen molar-refractivity contribution in [1.82, 2.24) is 10.2 Å². The highest BCUT2D eigenvalue weighted by molar-refractivity contribution is 5.69. The molecule has 1 aliphatic carbocycles. The first-order valence-electron chi connectivity index (χ1n) is 8.59. The standard InChI is InChI=1S/C18H30N2O2/c1-5-12-19-15-10-7-6-9-14(15)16-11-8-13-20(16)17(21)22-18(2,3)4/h1,14-16,19H,6-13H2,2-4H3. The summed E-state index contributed by atoms with van der Waals surface area (Å²) in [6.45, 7) is 7.20. The Bertz CT molecular complexity index is 422. The molecule has 1 heterocycles. The van der Waals surface area contributed by atoms with Crippen molar-refractivity contribution in [3.63, 3.8) is 0 Å². The zero-order valence-electron chi connectivity index (χ0n) is 14.2. The molecule has 0 radical (unpaired) electrons. The third-order valence-electron chi connectivity index (χ3n) is 4.71. The summed E-state index contributed by atoms with van der Waals surface area (Å²) >= 11 is 0. The van der Waals surface area contributed by atoms with Crippen LogP contribution in [0.1, 0.15) is 59.3 Å². The number of terminal acetylenes is 1. The lowest BCUT2D eigenvalue weighted by Gasteiger charge is -2.40. The van der Waals surface area contributed by atoms with Gasteiger partial charge in [-0.2, -0.15) is 0 Å². The number of hydrogen-bond acceptors (Lipinski definition) is 3. The normalized spacial score (nSPS) is 29.2. The smallest absolute Gasteiger partial charge is 0.410 e. The van der Waals surface area contributed by atoms with Gasteiger partial charge in [0.2, 0.25) is 0 Å². The van der Waals surface area contributed by atoms with E-state index in [-0.39, 0.29) is 6.09 Å². The summed E-state index contributed by atoms with van der Waals surface area (Å²) in [6, 6.07) is 0.725. The van der Waals surface area contributed by atoms with E-state index in [1.165, 1.54) is 19.3 Å². The van der Waals surface area contributed by atoms with Crippen LogP contribution in [0.2, 0.25) is 0 Å². The first-order valence-corrected chi connectivity index (χ1v) is 8.59. The van der Waals surface area contributed by atoms with E-state index < -0.39 is 5.60 Å². The third kappa shape index (κ3) is 4.39. The van der Waals surface area contributed by atoms with Gasteiger partial charge in [-0.3, -0.25) is 0 Å². The number of rotatable bonds is 3. The molecule has 0 bridgehead atoms. The number of hydrogen-bond donors (Lipinski definition) is 1. The highest BCUT2D eigenvalue weighted by atomic mass is 16.6. The van der Waals surface area contributed by atoms with Gasteiger partial charge in [0.1, 0.15) is 5.60 Å². The molecule has 2 rings (SSSR count). The maximum absolute atomic E-state index is 12.5. The quantitative estimate of drug-likeness (QED) is 0.814. The maximum Gasteiger partial charge on any atom is 0.410 e. The van der Waals surface area contributed by atoms with Crippen LogP contribution in [0.25, 0.3) is 0 Å². The van der Waals surface area contributed by atoms with E-state index in [0.717, 1.165) is 25.8 Å². The van der Waals surface area contributed by atoms with E-state index in [0.29, 0.717) is 24.5 Å². The fraction of sp³-hybridized carbons (Fsp3) is 0.833. The number of likely N-dealkylation sites (tertiary alicyclic amines) is 1. The summed E-state index contributed by atoms with van der Waals surface area (Å²) in [4.78, 5) is 14.4. The van der Waals surface area contributed by atoms with Crippen molar-refractivity contribution in [2.24, 2.45) is 5.92 Å². The lowest BCUT2D eigenvalue weighted by molar-refractivity contribution is 0.0134. The van der Waals surface area contributed by atoms with E-state index >= 15 is 0 Å². The maximum atomic E-state index is 12.5. The van der Waals surface area contributed by atoms with Gasteiger partial charge < -0.3 is 15.0 Å². The second-order valence-electron chi connectivity index (χ2n) is 7.52.